The van der Waals surface area contributed by atoms with Gasteiger partial charge in [0.2, 0.25) is 11.8 Å². The number of hydrogen-bond acceptors (Lipinski definition) is 5. The summed E-state index contributed by atoms with van der Waals surface area (Å²) in [5.74, 6) is 0.229. The Morgan fingerprint density at radius 2 is 2.24 bits per heavy atom. The molecule has 2 aromatic heterocycles. The SMILES string of the molecule is CCNc1nc(Oc2cc(Br)ccc2F)c2cn[nH]c2n1. The van der Waals surface area contributed by atoms with Gasteiger partial charge in [-0.1, -0.05) is 15.9 Å². The number of benzene rings is 1. The number of halogens is 2. The molecule has 0 atom stereocenters. The summed E-state index contributed by atoms with van der Waals surface area (Å²) in [7, 11) is 0. The lowest BCUT2D eigenvalue weighted by atomic mass is 10.3. The normalized spacial score (nSPS) is 10.8. The second kappa shape index (κ2) is 5.65. The summed E-state index contributed by atoms with van der Waals surface area (Å²) in [5, 5.41) is 10.2. The van der Waals surface area contributed by atoms with Gasteiger partial charge in [0, 0.05) is 11.0 Å². The standard InChI is InChI=1S/C13H11BrFN5O/c1-2-16-13-18-11-8(6-17-20-11)12(19-13)21-10-5-7(14)3-4-9(10)15/h3-6H,2H2,1H3,(H2,16,17,18,19,20). The van der Waals surface area contributed by atoms with Gasteiger partial charge in [0.25, 0.3) is 0 Å². The number of rotatable bonds is 4. The highest BCUT2D eigenvalue weighted by Crippen LogP contribution is 2.30. The van der Waals surface area contributed by atoms with Gasteiger partial charge in [0.05, 0.1) is 6.20 Å². The minimum Gasteiger partial charge on any atom is -0.435 e. The zero-order chi connectivity index (χ0) is 14.8. The molecular weight excluding hydrogens is 341 g/mol. The van der Waals surface area contributed by atoms with Crippen molar-refractivity contribution in [2.45, 2.75) is 6.92 Å². The molecule has 0 radical (unpaired) electrons. The van der Waals surface area contributed by atoms with Crippen LogP contribution < -0.4 is 10.1 Å². The lowest BCUT2D eigenvalue weighted by Gasteiger charge is -2.09. The van der Waals surface area contributed by atoms with Crippen molar-refractivity contribution >= 4 is 32.9 Å². The van der Waals surface area contributed by atoms with Crippen molar-refractivity contribution in [1.29, 1.82) is 0 Å². The van der Waals surface area contributed by atoms with Crippen LogP contribution in [0.1, 0.15) is 6.92 Å². The van der Waals surface area contributed by atoms with E-state index in [0.29, 0.717) is 28.0 Å². The van der Waals surface area contributed by atoms with Crippen molar-refractivity contribution in [3.63, 3.8) is 0 Å². The maximum atomic E-state index is 13.8. The summed E-state index contributed by atoms with van der Waals surface area (Å²) in [4.78, 5) is 8.49. The van der Waals surface area contributed by atoms with Crippen LogP contribution in [0.2, 0.25) is 0 Å². The number of hydrogen-bond donors (Lipinski definition) is 2. The molecule has 0 bridgehead atoms. The molecule has 0 aliphatic heterocycles. The largest absolute Gasteiger partial charge is 0.435 e. The van der Waals surface area contributed by atoms with Crippen LogP contribution in [0, 0.1) is 5.82 Å². The number of anilines is 1. The maximum absolute atomic E-state index is 13.8. The average Bonchev–Trinajstić information content (AvgIpc) is 2.92. The van der Waals surface area contributed by atoms with Crippen molar-refractivity contribution < 1.29 is 9.13 Å². The Morgan fingerprint density at radius 1 is 1.38 bits per heavy atom. The van der Waals surface area contributed by atoms with E-state index in [-0.39, 0.29) is 11.6 Å². The molecule has 0 saturated carbocycles. The Balaban J connectivity index is 2.06. The van der Waals surface area contributed by atoms with Gasteiger partial charge < -0.3 is 10.1 Å². The van der Waals surface area contributed by atoms with Crippen molar-refractivity contribution in [2.75, 3.05) is 11.9 Å². The summed E-state index contributed by atoms with van der Waals surface area (Å²) in [6, 6.07) is 4.45. The van der Waals surface area contributed by atoms with Crippen LogP contribution in [-0.4, -0.2) is 26.7 Å². The lowest BCUT2D eigenvalue weighted by Crippen LogP contribution is -2.03. The number of aromatic amines is 1. The fourth-order valence-corrected chi connectivity index (χ4v) is 2.12. The molecule has 6 nitrogen and oxygen atoms in total. The predicted octanol–water partition coefficient (Wildman–Crippen LogP) is 3.48. The summed E-state index contributed by atoms with van der Waals surface area (Å²) in [6.07, 6.45) is 1.54. The molecule has 0 spiro atoms. The molecular formula is C13H11BrFN5O. The molecule has 0 unspecified atom stereocenters. The number of nitrogens with one attached hydrogen (secondary N) is 2. The summed E-state index contributed by atoms with van der Waals surface area (Å²) in [5.41, 5.74) is 0.520. The van der Waals surface area contributed by atoms with E-state index in [4.69, 9.17) is 4.74 Å². The third-order valence-corrected chi connectivity index (χ3v) is 3.20. The van der Waals surface area contributed by atoms with Crippen LogP contribution in [-0.2, 0) is 0 Å². The second-order valence-electron chi connectivity index (χ2n) is 4.19. The predicted molar refractivity (Wildman–Crippen MR) is 80.0 cm³/mol. The van der Waals surface area contributed by atoms with Crippen LogP contribution in [0.25, 0.3) is 11.0 Å². The first-order valence-electron chi connectivity index (χ1n) is 6.25. The van der Waals surface area contributed by atoms with Gasteiger partial charge in [-0.15, -0.1) is 0 Å². The molecule has 108 valence electrons. The van der Waals surface area contributed by atoms with Gasteiger partial charge in [0.1, 0.15) is 5.39 Å². The summed E-state index contributed by atoms with van der Waals surface area (Å²) < 4.78 is 20.1. The number of fused-ring (bicyclic) bond motifs is 1. The molecule has 2 N–H and O–H groups in total. The topological polar surface area (TPSA) is 75.7 Å². The molecule has 3 rings (SSSR count). The van der Waals surface area contributed by atoms with Crippen LogP contribution in [0.15, 0.2) is 28.9 Å². The first kappa shape index (κ1) is 13.7. The maximum Gasteiger partial charge on any atom is 0.235 e. The van der Waals surface area contributed by atoms with E-state index in [9.17, 15) is 4.39 Å². The minimum absolute atomic E-state index is 0.0769. The van der Waals surface area contributed by atoms with Crippen molar-refractivity contribution in [3.8, 4) is 11.6 Å². The van der Waals surface area contributed by atoms with Crippen molar-refractivity contribution in [3.05, 3.63) is 34.7 Å². The van der Waals surface area contributed by atoms with E-state index in [1.807, 2.05) is 6.92 Å². The highest BCUT2D eigenvalue weighted by molar-refractivity contribution is 9.10. The highest BCUT2D eigenvalue weighted by atomic mass is 79.9. The average molecular weight is 352 g/mol. The van der Waals surface area contributed by atoms with Gasteiger partial charge in [-0.2, -0.15) is 15.1 Å². The fourth-order valence-electron chi connectivity index (χ4n) is 1.78. The van der Waals surface area contributed by atoms with E-state index in [1.165, 1.54) is 18.3 Å². The highest BCUT2D eigenvalue weighted by Gasteiger charge is 2.13. The Labute approximate surface area is 127 Å². The molecule has 8 heteroatoms. The first-order valence-corrected chi connectivity index (χ1v) is 7.04. The Morgan fingerprint density at radius 3 is 3.05 bits per heavy atom. The van der Waals surface area contributed by atoms with Crippen LogP contribution in [0.3, 0.4) is 0 Å². The zero-order valence-electron chi connectivity index (χ0n) is 11.0. The van der Waals surface area contributed by atoms with Crippen molar-refractivity contribution in [2.24, 2.45) is 0 Å². The van der Waals surface area contributed by atoms with E-state index in [0.717, 1.165) is 0 Å². The molecule has 0 amide bonds. The lowest BCUT2D eigenvalue weighted by molar-refractivity contribution is 0.432. The van der Waals surface area contributed by atoms with E-state index >= 15 is 0 Å². The minimum atomic E-state index is -0.474. The number of H-pyrrole nitrogens is 1. The van der Waals surface area contributed by atoms with E-state index in [2.05, 4.69) is 41.4 Å². The third kappa shape index (κ3) is 2.80. The zero-order valence-corrected chi connectivity index (χ0v) is 12.6. The third-order valence-electron chi connectivity index (χ3n) is 2.71. The molecule has 3 aromatic rings. The van der Waals surface area contributed by atoms with Crippen LogP contribution in [0.4, 0.5) is 10.3 Å². The van der Waals surface area contributed by atoms with Gasteiger partial charge >= 0.3 is 0 Å². The van der Waals surface area contributed by atoms with Gasteiger partial charge in [-0.3, -0.25) is 5.10 Å². The Kier molecular flexibility index (Phi) is 3.70. The number of nitrogens with zero attached hydrogens (tertiary/aromatic N) is 3. The molecule has 0 aliphatic carbocycles. The monoisotopic (exact) mass is 351 g/mol. The smallest absolute Gasteiger partial charge is 0.235 e. The van der Waals surface area contributed by atoms with E-state index < -0.39 is 5.82 Å². The fraction of sp³-hybridized carbons (Fsp3) is 0.154. The molecule has 0 saturated heterocycles. The van der Waals surface area contributed by atoms with Gasteiger partial charge in [-0.05, 0) is 25.1 Å². The summed E-state index contributed by atoms with van der Waals surface area (Å²) in [6.45, 7) is 2.58. The van der Waals surface area contributed by atoms with Crippen LogP contribution >= 0.6 is 15.9 Å². The van der Waals surface area contributed by atoms with Gasteiger partial charge in [0.15, 0.2) is 17.2 Å². The van der Waals surface area contributed by atoms with E-state index in [1.54, 1.807) is 6.07 Å². The van der Waals surface area contributed by atoms with Gasteiger partial charge in [-0.25, -0.2) is 4.39 Å². The Hall–Kier alpha value is -2.22. The quantitative estimate of drug-likeness (QED) is 0.752. The molecule has 0 aliphatic rings. The molecule has 21 heavy (non-hydrogen) atoms. The first-order chi connectivity index (χ1) is 10.2. The number of aromatic nitrogens is 4. The van der Waals surface area contributed by atoms with Crippen molar-refractivity contribution in [1.82, 2.24) is 20.2 Å². The summed E-state index contributed by atoms with van der Waals surface area (Å²) >= 11 is 3.28. The Bertz CT molecular complexity index is 791. The second-order valence-corrected chi connectivity index (χ2v) is 5.11. The number of ether oxygens (including phenoxy) is 1. The molecule has 0 fully saturated rings. The molecule has 2 heterocycles. The molecule has 1 aromatic carbocycles. The van der Waals surface area contributed by atoms with Crippen LogP contribution in [0.5, 0.6) is 11.6 Å².